The first kappa shape index (κ1) is 24.2. The number of hydrogen-bond acceptors (Lipinski definition) is 6. The quantitative estimate of drug-likeness (QED) is 0.637. The second kappa shape index (κ2) is 9.04. The van der Waals surface area contributed by atoms with Crippen LogP contribution in [0.4, 0.5) is 19.0 Å². The minimum absolute atomic E-state index is 0.0268. The number of halogens is 4. The van der Waals surface area contributed by atoms with Crippen molar-refractivity contribution >= 4 is 23.3 Å². The van der Waals surface area contributed by atoms with E-state index in [-0.39, 0.29) is 24.3 Å². The van der Waals surface area contributed by atoms with Crippen molar-refractivity contribution in [3.8, 4) is 6.07 Å². The van der Waals surface area contributed by atoms with E-state index in [0.29, 0.717) is 48.6 Å². The number of anilines is 1. The maximum absolute atomic E-state index is 13.4. The van der Waals surface area contributed by atoms with Crippen molar-refractivity contribution in [2.24, 2.45) is 5.41 Å². The summed E-state index contributed by atoms with van der Waals surface area (Å²) in [5.74, 6) is 0.124. The first-order valence-corrected chi connectivity index (χ1v) is 11.3. The summed E-state index contributed by atoms with van der Waals surface area (Å²) >= 11 is 6.12. The number of aromatic nitrogens is 2. The molecule has 1 fully saturated rings. The van der Waals surface area contributed by atoms with Crippen molar-refractivity contribution in [1.82, 2.24) is 19.8 Å². The normalized spacial score (nSPS) is 18.8. The second-order valence-corrected chi connectivity index (χ2v) is 9.25. The van der Waals surface area contributed by atoms with Gasteiger partial charge in [0.2, 0.25) is 11.2 Å². The Bertz CT molecular complexity index is 1140. The zero-order chi connectivity index (χ0) is 24.7. The molecule has 34 heavy (non-hydrogen) atoms. The number of rotatable bonds is 4. The molecule has 1 aromatic carbocycles. The largest absolute Gasteiger partial charge is 0.416 e. The van der Waals surface area contributed by atoms with Crippen molar-refractivity contribution < 1.29 is 18.0 Å². The maximum Gasteiger partial charge on any atom is 0.416 e. The predicted octanol–water partition coefficient (Wildman–Crippen LogP) is 4.40. The van der Waals surface area contributed by atoms with Crippen molar-refractivity contribution in [3.63, 3.8) is 0 Å². The molecule has 4 rings (SSSR count). The van der Waals surface area contributed by atoms with Crippen LogP contribution in [0.25, 0.3) is 0 Å². The van der Waals surface area contributed by atoms with E-state index in [0.717, 1.165) is 12.1 Å². The molecular formula is C23H24ClF3N6O. The molecule has 2 aliphatic rings. The molecule has 2 aliphatic heterocycles. The Labute approximate surface area is 200 Å². The van der Waals surface area contributed by atoms with E-state index in [1.807, 2.05) is 7.05 Å². The van der Waals surface area contributed by atoms with Gasteiger partial charge < -0.3 is 15.1 Å². The van der Waals surface area contributed by atoms with Crippen molar-refractivity contribution in [2.45, 2.75) is 45.1 Å². The molecular weight excluding hydrogens is 469 g/mol. The van der Waals surface area contributed by atoms with Gasteiger partial charge in [0.15, 0.2) is 0 Å². The van der Waals surface area contributed by atoms with E-state index in [2.05, 4.69) is 26.3 Å². The standard InChI is InChI=1S/C23H24ClF3N6O/c1-14(15-4-3-5-16(10-15)23(25,26)27)29-19-17-11-33(12-18(17)30-21(24)31-19)20(34)22(13-28)6-8-32(2)9-7-22/h3-5,10,14H,6-9,11-12H2,1-2H3,(H,29,30,31)/t14-/m1/s1. The number of nitrogens with zero attached hydrogens (tertiary/aromatic N) is 5. The van der Waals surface area contributed by atoms with E-state index in [1.165, 1.54) is 6.07 Å². The Hall–Kier alpha value is -2.90. The van der Waals surface area contributed by atoms with Gasteiger partial charge in [0, 0.05) is 11.6 Å². The van der Waals surface area contributed by atoms with E-state index in [1.54, 1.807) is 17.9 Å². The minimum atomic E-state index is -4.44. The number of carbonyl (C=O) groups is 1. The van der Waals surface area contributed by atoms with Crippen LogP contribution in [-0.4, -0.2) is 45.8 Å². The number of nitriles is 1. The topological polar surface area (TPSA) is 85.1 Å². The van der Waals surface area contributed by atoms with Gasteiger partial charge in [-0.3, -0.25) is 4.79 Å². The summed E-state index contributed by atoms with van der Waals surface area (Å²) in [6, 6.07) is 6.81. The lowest BCUT2D eigenvalue weighted by molar-refractivity contribution is -0.142. The van der Waals surface area contributed by atoms with Gasteiger partial charge in [-0.2, -0.15) is 18.4 Å². The Morgan fingerprint density at radius 1 is 1.26 bits per heavy atom. The van der Waals surface area contributed by atoms with E-state index < -0.39 is 23.2 Å². The fraction of sp³-hybridized carbons (Fsp3) is 0.478. The first-order chi connectivity index (χ1) is 16.0. The molecule has 7 nitrogen and oxygen atoms in total. The molecule has 0 aliphatic carbocycles. The molecule has 0 radical (unpaired) electrons. The molecule has 11 heteroatoms. The van der Waals surface area contributed by atoms with Crippen LogP contribution in [0.2, 0.25) is 5.28 Å². The van der Waals surface area contributed by atoms with Gasteiger partial charge in [0.05, 0.1) is 30.4 Å². The molecule has 0 spiro atoms. The lowest BCUT2D eigenvalue weighted by atomic mass is 9.78. The predicted molar refractivity (Wildman–Crippen MR) is 120 cm³/mol. The average molecular weight is 493 g/mol. The summed E-state index contributed by atoms with van der Waals surface area (Å²) < 4.78 is 39.4. The highest BCUT2D eigenvalue weighted by Gasteiger charge is 2.45. The smallest absolute Gasteiger partial charge is 0.363 e. The summed E-state index contributed by atoms with van der Waals surface area (Å²) in [5, 5.41) is 12.9. The molecule has 1 amide bonds. The van der Waals surface area contributed by atoms with Gasteiger partial charge in [0.1, 0.15) is 11.2 Å². The monoisotopic (exact) mass is 492 g/mol. The summed E-state index contributed by atoms with van der Waals surface area (Å²) in [7, 11) is 1.96. The Kier molecular flexibility index (Phi) is 6.44. The molecule has 2 aromatic rings. The summed E-state index contributed by atoms with van der Waals surface area (Å²) in [4.78, 5) is 25.6. The Balaban J connectivity index is 1.56. The minimum Gasteiger partial charge on any atom is -0.363 e. The van der Waals surface area contributed by atoms with Crippen LogP contribution in [0.3, 0.4) is 0 Å². The Morgan fingerprint density at radius 3 is 2.62 bits per heavy atom. The Morgan fingerprint density at radius 2 is 1.97 bits per heavy atom. The molecule has 180 valence electrons. The molecule has 1 saturated heterocycles. The van der Waals surface area contributed by atoms with Crippen LogP contribution < -0.4 is 5.32 Å². The second-order valence-electron chi connectivity index (χ2n) is 8.91. The zero-order valence-electron chi connectivity index (χ0n) is 18.8. The van der Waals surface area contributed by atoms with Gasteiger partial charge in [0.25, 0.3) is 0 Å². The molecule has 0 unspecified atom stereocenters. The fourth-order valence-electron chi connectivity index (χ4n) is 4.44. The highest BCUT2D eigenvalue weighted by atomic mass is 35.5. The van der Waals surface area contributed by atoms with E-state index in [9.17, 15) is 23.2 Å². The number of piperidine rings is 1. The number of fused-ring (bicyclic) bond motifs is 1. The van der Waals surface area contributed by atoms with E-state index in [4.69, 9.17) is 11.6 Å². The van der Waals surface area contributed by atoms with Gasteiger partial charge in [-0.1, -0.05) is 12.1 Å². The third-order valence-electron chi connectivity index (χ3n) is 6.57. The average Bonchev–Trinajstić information content (AvgIpc) is 3.23. The van der Waals surface area contributed by atoms with Crippen LogP contribution in [-0.2, 0) is 24.1 Å². The third kappa shape index (κ3) is 4.68. The zero-order valence-corrected chi connectivity index (χ0v) is 19.5. The van der Waals surface area contributed by atoms with E-state index >= 15 is 0 Å². The summed E-state index contributed by atoms with van der Waals surface area (Å²) in [5.41, 5.74) is -0.170. The number of amides is 1. The fourth-order valence-corrected chi connectivity index (χ4v) is 4.62. The van der Waals surface area contributed by atoms with Gasteiger partial charge in [-0.15, -0.1) is 0 Å². The van der Waals surface area contributed by atoms with Gasteiger partial charge >= 0.3 is 6.18 Å². The van der Waals surface area contributed by atoms with Crippen LogP contribution in [0, 0.1) is 16.7 Å². The van der Waals surface area contributed by atoms with Gasteiger partial charge in [-0.25, -0.2) is 9.97 Å². The SMILES string of the molecule is C[C@@H](Nc1nc(Cl)nc2c1CN(C(=O)C1(C#N)CCN(C)CC1)C2)c1cccc(C(F)(F)F)c1. The van der Waals surface area contributed by atoms with Crippen molar-refractivity contribution in [3.05, 3.63) is 51.9 Å². The van der Waals surface area contributed by atoms with Crippen LogP contribution >= 0.6 is 11.6 Å². The molecule has 0 saturated carbocycles. The highest BCUT2D eigenvalue weighted by Crippen LogP contribution is 2.38. The molecule has 0 bridgehead atoms. The number of nitrogens with one attached hydrogen (secondary N) is 1. The number of likely N-dealkylation sites (tertiary alicyclic amines) is 1. The maximum atomic E-state index is 13.4. The molecule has 3 heterocycles. The van der Waals surface area contributed by atoms with Crippen molar-refractivity contribution in [2.75, 3.05) is 25.5 Å². The third-order valence-corrected chi connectivity index (χ3v) is 6.74. The van der Waals surface area contributed by atoms with Crippen LogP contribution in [0.1, 0.15) is 48.2 Å². The first-order valence-electron chi connectivity index (χ1n) is 10.9. The van der Waals surface area contributed by atoms with Crippen molar-refractivity contribution in [1.29, 1.82) is 5.26 Å². The van der Waals surface area contributed by atoms with Crippen LogP contribution in [0.15, 0.2) is 24.3 Å². The summed E-state index contributed by atoms with van der Waals surface area (Å²) in [6.45, 7) is 3.43. The number of alkyl halides is 3. The lowest BCUT2D eigenvalue weighted by Crippen LogP contribution is -2.47. The molecule has 1 N–H and O–H groups in total. The van der Waals surface area contributed by atoms with Gasteiger partial charge in [-0.05, 0) is 69.2 Å². The van der Waals surface area contributed by atoms with Crippen LogP contribution in [0.5, 0.6) is 0 Å². The highest BCUT2D eigenvalue weighted by molar-refractivity contribution is 6.28. The summed E-state index contributed by atoms with van der Waals surface area (Å²) in [6.07, 6.45) is -3.54. The number of carbonyl (C=O) groups excluding carboxylic acids is 1. The molecule has 1 atom stereocenters. The molecule has 1 aromatic heterocycles. The number of hydrogen-bond donors (Lipinski definition) is 1. The number of benzene rings is 1. The lowest BCUT2D eigenvalue weighted by Gasteiger charge is -2.36.